The summed E-state index contributed by atoms with van der Waals surface area (Å²) in [6, 6.07) is 0. The molecule has 0 rings (SSSR count). The van der Waals surface area contributed by atoms with E-state index in [-0.39, 0.29) is 12.4 Å². The number of carbonyl (C=O) groups is 1. The zero-order chi connectivity index (χ0) is 28.2. The monoisotopic (exact) mass is 569 g/mol. The van der Waals surface area contributed by atoms with Crippen LogP contribution in [0.25, 0.3) is 0 Å². The molecule has 0 saturated carbocycles. The molecule has 0 radical (unpaired) electrons. The lowest BCUT2D eigenvalue weighted by Gasteiger charge is -2.22. The standard InChI is InChI=1S/C27H53O8PS/c1-5-8-10-12-13-14-15-16-18-20-23-37(32,33)25(21-19-17-11-9-6-2)24(4)35-36(31)27(30,26(28)29)34-22-7-3/h24-25,30H,5-23H2,1-4H3/p+1. The van der Waals surface area contributed by atoms with Crippen molar-refractivity contribution in [2.75, 3.05) is 12.4 Å². The second-order valence-electron chi connectivity index (χ2n) is 10.1. The van der Waals surface area contributed by atoms with E-state index >= 15 is 0 Å². The van der Waals surface area contributed by atoms with Crippen LogP contribution in [0.3, 0.4) is 0 Å². The van der Waals surface area contributed by atoms with Crippen molar-refractivity contribution in [3.8, 4) is 0 Å². The van der Waals surface area contributed by atoms with Crippen LogP contribution >= 0.6 is 8.03 Å². The molecule has 8 nitrogen and oxygen atoms in total. The molecule has 0 aliphatic rings. The molecule has 0 amide bonds. The summed E-state index contributed by atoms with van der Waals surface area (Å²) in [7, 11) is -6.80. The Morgan fingerprint density at radius 3 is 1.73 bits per heavy atom. The molecule has 0 aromatic rings. The van der Waals surface area contributed by atoms with Crippen molar-refractivity contribution in [2.45, 2.75) is 154 Å². The van der Waals surface area contributed by atoms with Gasteiger partial charge in [-0.05, 0) is 30.8 Å². The van der Waals surface area contributed by atoms with Crippen LogP contribution in [0.15, 0.2) is 0 Å². The highest BCUT2D eigenvalue weighted by Crippen LogP contribution is 2.42. The van der Waals surface area contributed by atoms with Crippen molar-refractivity contribution in [3.05, 3.63) is 0 Å². The Morgan fingerprint density at radius 1 is 0.811 bits per heavy atom. The topological polar surface area (TPSA) is 127 Å². The Bertz CT molecular complexity index is 715. The summed E-state index contributed by atoms with van der Waals surface area (Å²) in [6.07, 6.45) is 15.4. The number of unbranched alkanes of at least 4 members (excludes halogenated alkanes) is 13. The lowest BCUT2D eigenvalue weighted by atomic mass is 10.1. The maximum atomic E-state index is 13.3. The molecular weight excluding hydrogens is 515 g/mol. The average Bonchev–Trinajstić information content (AvgIpc) is 2.85. The van der Waals surface area contributed by atoms with E-state index in [4.69, 9.17) is 9.26 Å². The van der Waals surface area contributed by atoms with E-state index < -0.39 is 40.7 Å². The summed E-state index contributed by atoms with van der Waals surface area (Å²) in [5.74, 6) is -1.80. The van der Waals surface area contributed by atoms with Crippen molar-refractivity contribution < 1.29 is 37.3 Å². The molecule has 0 aliphatic heterocycles. The average molecular weight is 570 g/mol. The molecule has 4 atom stereocenters. The van der Waals surface area contributed by atoms with Crippen molar-refractivity contribution >= 4 is 23.8 Å². The number of rotatable bonds is 26. The number of hydrogen-bond donors (Lipinski definition) is 2. The van der Waals surface area contributed by atoms with E-state index in [9.17, 15) is 28.0 Å². The van der Waals surface area contributed by atoms with Crippen LogP contribution in [-0.2, 0) is 28.5 Å². The van der Waals surface area contributed by atoms with E-state index in [0.717, 1.165) is 44.9 Å². The van der Waals surface area contributed by atoms with Crippen LogP contribution in [0.2, 0.25) is 0 Å². The predicted molar refractivity (Wildman–Crippen MR) is 150 cm³/mol. The molecule has 0 aliphatic carbocycles. The van der Waals surface area contributed by atoms with Crippen LogP contribution in [0.4, 0.5) is 0 Å². The van der Waals surface area contributed by atoms with Gasteiger partial charge in [-0.3, -0.25) is 4.74 Å². The summed E-state index contributed by atoms with van der Waals surface area (Å²) in [5, 5.41) is 18.8. The minimum absolute atomic E-state index is 0.0170. The molecule has 4 unspecified atom stereocenters. The molecule has 0 spiro atoms. The minimum Gasteiger partial charge on any atom is -0.474 e. The molecule has 0 saturated heterocycles. The second-order valence-corrected chi connectivity index (χ2v) is 13.8. The van der Waals surface area contributed by atoms with Gasteiger partial charge in [0.05, 0.1) is 17.6 Å². The molecular formula is C27H54O8PS+. The Morgan fingerprint density at radius 2 is 1.27 bits per heavy atom. The van der Waals surface area contributed by atoms with Gasteiger partial charge in [-0.2, -0.15) is 0 Å². The summed E-state index contributed by atoms with van der Waals surface area (Å²) < 4.78 is 49.6. The smallest absolute Gasteiger partial charge is 0.474 e. The SMILES string of the molecule is CCCCCCCCCCCCS(=O)(=O)C(CCCCCCC)C(C)O[P+](=O)C(O)(OCCC)C(=O)O. The highest BCUT2D eigenvalue weighted by Gasteiger charge is 2.61. The highest BCUT2D eigenvalue weighted by atomic mass is 32.2. The third-order valence-corrected chi connectivity index (χ3v) is 10.4. The number of carboxylic acid groups (broad SMARTS) is 1. The van der Waals surface area contributed by atoms with Crippen molar-refractivity contribution in [1.29, 1.82) is 0 Å². The van der Waals surface area contributed by atoms with E-state index in [1.165, 1.54) is 45.4 Å². The zero-order valence-electron chi connectivity index (χ0n) is 23.8. The van der Waals surface area contributed by atoms with Gasteiger partial charge in [0.1, 0.15) is 6.10 Å². The van der Waals surface area contributed by atoms with E-state index in [0.29, 0.717) is 25.7 Å². The van der Waals surface area contributed by atoms with Gasteiger partial charge in [0.2, 0.25) is 0 Å². The Balaban J connectivity index is 5.02. The van der Waals surface area contributed by atoms with Crippen LogP contribution in [0, 0.1) is 0 Å². The Kier molecular flexibility index (Phi) is 20.9. The molecule has 0 aromatic heterocycles. The molecule has 10 heteroatoms. The highest BCUT2D eigenvalue weighted by molar-refractivity contribution is 7.92. The number of carboxylic acids is 1. The van der Waals surface area contributed by atoms with Crippen LogP contribution in [0.1, 0.15) is 137 Å². The molecule has 0 heterocycles. The number of ether oxygens (including phenoxy) is 1. The maximum Gasteiger partial charge on any atom is 0.589 e. The number of sulfone groups is 1. The molecule has 0 fully saturated rings. The van der Waals surface area contributed by atoms with E-state index in [1.807, 2.05) is 0 Å². The summed E-state index contributed by atoms with van der Waals surface area (Å²) in [6.45, 7) is 7.39. The first-order valence-corrected chi connectivity index (χ1v) is 17.4. The molecule has 0 aromatic carbocycles. The van der Waals surface area contributed by atoms with Crippen LogP contribution in [0.5, 0.6) is 0 Å². The normalized spacial score (nSPS) is 15.8. The van der Waals surface area contributed by atoms with Gasteiger partial charge in [-0.1, -0.05) is 111 Å². The minimum atomic E-state index is -3.57. The summed E-state index contributed by atoms with van der Waals surface area (Å²) in [4.78, 5) is 11.5. The van der Waals surface area contributed by atoms with Crippen molar-refractivity contribution in [2.24, 2.45) is 0 Å². The lowest BCUT2D eigenvalue weighted by molar-refractivity contribution is -0.192. The summed E-state index contributed by atoms with van der Waals surface area (Å²) >= 11 is 0. The summed E-state index contributed by atoms with van der Waals surface area (Å²) in [5.41, 5.74) is -3.01. The van der Waals surface area contributed by atoms with Gasteiger partial charge < -0.3 is 10.2 Å². The number of hydrogen-bond acceptors (Lipinski definition) is 7. The third-order valence-electron chi connectivity index (χ3n) is 6.65. The van der Waals surface area contributed by atoms with Gasteiger partial charge >= 0.3 is 19.5 Å². The second kappa shape index (κ2) is 21.2. The fourth-order valence-electron chi connectivity index (χ4n) is 4.32. The molecule has 2 N–H and O–H groups in total. The van der Waals surface area contributed by atoms with Crippen molar-refractivity contribution in [1.82, 2.24) is 0 Å². The maximum absolute atomic E-state index is 13.3. The largest absolute Gasteiger partial charge is 0.589 e. The zero-order valence-corrected chi connectivity index (χ0v) is 25.5. The molecule has 220 valence electrons. The van der Waals surface area contributed by atoms with Gasteiger partial charge in [-0.15, -0.1) is 4.52 Å². The van der Waals surface area contributed by atoms with E-state index in [1.54, 1.807) is 6.92 Å². The van der Waals surface area contributed by atoms with Gasteiger partial charge in [-0.25, -0.2) is 13.2 Å². The lowest BCUT2D eigenvalue weighted by Crippen LogP contribution is -2.41. The quantitative estimate of drug-likeness (QED) is 0.0628. The predicted octanol–water partition coefficient (Wildman–Crippen LogP) is 7.36. The number of aliphatic hydroxyl groups is 1. The Hall–Kier alpha value is -0.600. The first-order chi connectivity index (χ1) is 17.6. The molecule has 37 heavy (non-hydrogen) atoms. The van der Waals surface area contributed by atoms with Gasteiger partial charge in [0, 0.05) is 0 Å². The fraction of sp³-hybridized carbons (Fsp3) is 0.963. The van der Waals surface area contributed by atoms with Crippen LogP contribution in [-0.4, -0.2) is 53.8 Å². The number of aliphatic carboxylic acids is 1. The fourth-order valence-corrected chi connectivity index (χ4v) is 7.43. The third kappa shape index (κ3) is 15.5. The first kappa shape index (κ1) is 36.4. The molecule has 0 bridgehead atoms. The van der Waals surface area contributed by atoms with Gasteiger partial charge in [0.25, 0.3) is 0 Å². The van der Waals surface area contributed by atoms with E-state index in [2.05, 4.69) is 13.8 Å². The van der Waals surface area contributed by atoms with Crippen molar-refractivity contribution in [3.63, 3.8) is 0 Å². The van der Waals surface area contributed by atoms with Crippen LogP contribution < -0.4 is 0 Å². The van der Waals surface area contributed by atoms with Gasteiger partial charge in [0.15, 0.2) is 9.84 Å². The first-order valence-electron chi connectivity index (χ1n) is 14.5. The Labute approximate surface area is 227 Å².